The summed E-state index contributed by atoms with van der Waals surface area (Å²) in [7, 11) is 0. The molecule has 0 saturated heterocycles. The maximum Gasteiger partial charge on any atom is 0.276 e. The smallest absolute Gasteiger partial charge is 0.276 e. The first-order valence-electron chi connectivity index (χ1n) is 8.36. The van der Waals surface area contributed by atoms with Gasteiger partial charge in [-0.15, -0.1) is 0 Å². The molecule has 0 aliphatic heterocycles. The van der Waals surface area contributed by atoms with Crippen molar-refractivity contribution in [2.75, 3.05) is 11.9 Å². The van der Waals surface area contributed by atoms with Crippen molar-refractivity contribution in [3.8, 4) is 5.75 Å². The number of nitrogens with one attached hydrogen (secondary N) is 1. The Morgan fingerprint density at radius 3 is 2.70 bits per heavy atom. The average molecular weight is 384 g/mol. The maximum absolute atomic E-state index is 12.5. The Morgan fingerprint density at radius 1 is 1.15 bits per heavy atom. The molecule has 1 N–H and O–H groups in total. The minimum absolute atomic E-state index is 0.133. The number of aromatic nitrogens is 2. The third kappa shape index (κ3) is 4.95. The van der Waals surface area contributed by atoms with Crippen molar-refractivity contribution in [3.05, 3.63) is 87.3 Å². The summed E-state index contributed by atoms with van der Waals surface area (Å²) in [5.74, 6) is 0.286. The summed E-state index contributed by atoms with van der Waals surface area (Å²) in [6.07, 6.45) is 0. The van der Waals surface area contributed by atoms with Gasteiger partial charge in [-0.1, -0.05) is 35.9 Å². The largest absolute Gasteiger partial charge is 0.492 e. The highest BCUT2D eigenvalue weighted by Gasteiger charge is 2.12. The van der Waals surface area contributed by atoms with E-state index < -0.39 is 5.91 Å². The zero-order valence-electron chi connectivity index (χ0n) is 14.7. The number of carbonyl (C=O) groups excluding carboxylic acids is 1. The van der Waals surface area contributed by atoms with Gasteiger partial charge in [0.25, 0.3) is 11.5 Å². The first kappa shape index (κ1) is 18.7. The van der Waals surface area contributed by atoms with Gasteiger partial charge in [0, 0.05) is 16.8 Å². The molecule has 1 aromatic heterocycles. The molecule has 7 heteroatoms. The standard InChI is InChI=1S/C20H18ClN3O3/c1-14-7-8-15(21)13-18(14)22-20(26)17-9-10-19(25)24(23-17)11-12-27-16-5-3-2-4-6-16/h2-10,13H,11-12H2,1H3,(H,22,26). The number of amides is 1. The summed E-state index contributed by atoms with van der Waals surface area (Å²) in [5, 5.41) is 7.41. The molecular formula is C20H18ClN3O3. The number of aryl methyl sites for hydroxylation is 1. The highest BCUT2D eigenvalue weighted by Crippen LogP contribution is 2.20. The lowest BCUT2D eigenvalue weighted by Gasteiger charge is -2.10. The lowest BCUT2D eigenvalue weighted by molar-refractivity contribution is 0.101. The molecule has 0 radical (unpaired) electrons. The number of hydrogen-bond acceptors (Lipinski definition) is 4. The molecule has 3 aromatic rings. The summed E-state index contributed by atoms with van der Waals surface area (Å²) in [6, 6.07) is 17.2. The fourth-order valence-corrected chi connectivity index (χ4v) is 2.58. The zero-order valence-corrected chi connectivity index (χ0v) is 15.4. The molecule has 1 heterocycles. The van der Waals surface area contributed by atoms with Crippen molar-refractivity contribution in [3.63, 3.8) is 0 Å². The first-order valence-corrected chi connectivity index (χ1v) is 8.74. The quantitative estimate of drug-likeness (QED) is 0.706. The average Bonchev–Trinajstić information content (AvgIpc) is 2.67. The number of nitrogens with zero attached hydrogens (tertiary/aromatic N) is 2. The molecule has 0 aliphatic rings. The van der Waals surface area contributed by atoms with Gasteiger partial charge in [-0.3, -0.25) is 9.59 Å². The summed E-state index contributed by atoms with van der Waals surface area (Å²) in [5.41, 5.74) is 1.30. The van der Waals surface area contributed by atoms with Gasteiger partial charge < -0.3 is 10.1 Å². The molecule has 0 atom stereocenters. The summed E-state index contributed by atoms with van der Waals surface area (Å²) >= 11 is 5.97. The van der Waals surface area contributed by atoms with Gasteiger partial charge in [0.05, 0.1) is 6.54 Å². The predicted octanol–water partition coefficient (Wildman–Crippen LogP) is 3.54. The molecule has 3 rings (SSSR count). The molecule has 2 aromatic carbocycles. The van der Waals surface area contributed by atoms with Gasteiger partial charge >= 0.3 is 0 Å². The van der Waals surface area contributed by atoms with E-state index in [-0.39, 0.29) is 24.4 Å². The normalized spacial score (nSPS) is 10.4. The third-order valence-electron chi connectivity index (χ3n) is 3.86. The maximum atomic E-state index is 12.5. The molecule has 1 amide bonds. The van der Waals surface area contributed by atoms with Gasteiger partial charge in [-0.05, 0) is 42.8 Å². The number of ether oxygens (including phenoxy) is 1. The van der Waals surface area contributed by atoms with Crippen LogP contribution < -0.4 is 15.6 Å². The van der Waals surface area contributed by atoms with Crippen LogP contribution in [0.15, 0.2) is 65.5 Å². The van der Waals surface area contributed by atoms with Crippen LogP contribution in [0.5, 0.6) is 5.75 Å². The second kappa shape index (κ2) is 8.51. The minimum atomic E-state index is -0.418. The van der Waals surface area contributed by atoms with E-state index in [4.69, 9.17) is 16.3 Å². The molecule has 138 valence electrons. The van der Waals surface area contributed by atoms with Crippen molar-refractivity contribution in [1.82, 2.24) is 9.78 Å². The molecular weight excluding hydrogens is 366 g/mol. The van der Waals surface area contributed by atoms with Crippen LogP contribution in [0.4, 0.5) is 5.69 Å². The van der Waals surface area contributed by atoms with Gasteiger partial charge in [0.15, 0.2) is 0 Å². The summed E-state index contributed by atoms with van der Waals surface area (Å²) in [4.78, 5) is 24.5. The van der Waals surface area contributed by atoms with E-state index >= 15 is 0 Å². The van der Waals surface area contributed by atoms with Gasteiger partial charge in [-0.2, -0.15) is 5.10 Å². The Morgan fingerprint density at radius 2 is 1.93 bits per heavy atom. The van der Waals surface area contributed by atoms with Crippen LogP contribution in [-0.2, 0) is 6.54 Å². The molecule has 0 fully saturated rings. The Bertz CT molecular complexity index is 1000. The lowest BCUT2D eigenvalue weighted by atomic mass is 10.2. The topological polar surface area (TPSA) is 73.2 Å². The lowest BCUT2D eigenvalue weighted by Crippen LogP contribution is -2.28. The van der Waals surface area contributed by atoms with Gasteiger partial charge in [0.2, 0.25) is 0 Å². The molecule has 0 unspecified atom stereocenters. The van der Waals surface area contributed by atoms with Gasteiger partial charge in [0.1, 0.15) is 18.1 Å². The number of rotatable bonds is 6. The summed E-state index contributed by atoms with van der Waals surface area (Å²) in [6.45, 7) is 2.35. The number of carbonyl (C=O) groups is 1. The molecule has 6 nitrogen and oxygen atoms in total. The molecule has 27 heavy (non-hydrogen) atoms. The highest BCUT2D eigenvalue weighted by atomic mass is 35.5. The number of anilines is 1. The third-order valence-corrected chi connectivity index (χ3v) is 4.10. The Balaban J connectivity index is 1.69. The van der Waals surface area contributed by atoms with E-state index in [0.717, 1.165) is 5.56 Å². The molecule has 0 aliphatic carbocycles. The Hall–Kier alpha value is -3.12. The van der Waals surface area contributed by atoms with E-state index in [0.29, 0.717) is 16.5 Å². The van der Waals surface area contributed by atoms with Crippen LogP contribution in [-0.4, -0.2) is 22.3 Å². The number of halogens is 1. The van der Waals surface area contributed by atoms with Crippen molar-refractivity contribution in [1.29, 1.82) is 0 Å². The van der Waals surface area contributed by atoms with E-state index in [9.17, 15) is 9.59 Å². The molecule has 0 bridgehead atoms. The summed E-state index contributed by atoms with van der Waals surface area (Å²) < 4.78 is 6.79. The fraction of sp³-hybridized carbons (Fsp3) is 0.150. The minimum Gasteiger partial charge on any atom is -0.492 e. The fourth-order valence-electron chi connectivity index (χ4n) is 2.41. The van der Waals surface area contributed by atoms with Gasteiger partial charge in [-0.25, -0.2) is 4.68 Å². The highest BCUT2D eigenvalue weighted by molar-refractivity contribution is 6.31. The van der Waals surface area contributed by atoms with Crippen molar-refractivity contribution >= 4 is 23.2 Å². The predicted molar refractivity (Wildman–Crippen MR) is 105 cm³/mol. The van der Waals surface area contributed by atoms with Crippen molar-refractivity contribution < 1.29 is 9.53 Å². The van der Waals surface area contributed by atoms with Crippen LogP contribution in [0.25, 0.3) is 0 Å². The van der Waals surface area contributed by atoms with E-state index in [1.807, 2.05) is 43.3 Å². The number of para-hydroxylation sites is 1. The number of hydrogen-bond donors (Lipinski definition) is 1. The van der Waals surface area contributed by atoms with Crippen LogP contribution >= 0.6 is 11.6 Å². The second-order valence-corrected chi connectivity index (χ2v) is 6.29. The van der Waals surface area contributed by atoms with E-state index in [1.54, 1.807) is 12.1 Å². The van der Waals surface area contributed by atoms with Crippen LogP contribution in [0.3, 0.4) is 0 Å². The Labute approximate surface area is 161 Å². The number of benzene rings is 2. The SMILES string of the molecule is Cc1ccc(Cl)cc1NC(=O)c1ccc(=O)n(CCOc2ccccc2)n1. The first-order chi connectivity index (χ1) is 13.0. The van der Waals surface area contributed by atoms with Crippen LogP contribution in [0, 0.1) is 6.92 Å². The van der Waals surface area contributed by atoms with E-state index in [2.05, 4.69) is 10.4 Å². The monoisotopic (exact) mass is 383 g/mol. The van der Waals surface area contributed by atoms with E-state index in [1.165, 1.54) is 16.8 Å². The second-order valence-electron chi connectivity index (χ2n) is 5.85. The van der Waals surface area contributed by atoms with Crippen molar-refractivity contribution in [2.45, 2.75) is 13.5 Å². The molecule has 0 saturated carbocycles. The zero-order chi connectivity index (χ0) is 19.2. The Kier molecular flexibility index (Phi) is 5.88. The molecule has 0 spiro atoms. The van der Waals surface area contributed by atoms with Crippen molar-refractivity contribution in [2.24, 2.45) is 0 Å². The van der Waals surface area contributed by atoms with Crippen LogP contribution in [0.2, 0.25) is 5.02 Å². The van der Waals surface area contributed by atoms with Crippen LogP contribution in [0.1, 0.15) is 16.1 Å².